The lowest BCUT2D eigenvalue weighted by Crippen LogP contribution is -2.21. The van der Waals surface area contributed by atoms with Gasteiger partial charge in [0.1, 0.15) is 34.2 Å². The van der Waals surface area contributed by atoms with Crippen LogP contribution in [0.3, 0.4) is 0 Å². The zero-order chi connectivity index (χ0) is 53.7. The van der Waals surface area contributed by atoms with E-state index < -0.39 is 59.8 Å². The summed E-state index contributed by atoms with van der Waals surface area (Å²) in [4.78, 5) is 51.4. The van der Waals surface area contributed by atoms with E-state index in [-0.39, 0.29) is 59.0 Å². The van der Waals surface area contributed by atoms with E-state index in [2.05, 4.69) is 10.6 Å². The lowest BCUT2D eigenvalue weighted by molar-refractivity contribution is -0.137. The van der Waals surface area contributed by atoms with Crippen LogP contribution in [0.5, 0.6) is 23.0 Å². The van der Waals surface area contributed by atoms with E-state index in [0.29, 0.717) is 83.4 Å². The Labute approximate surface area is 430 Å². The molecule has 0 spiro atoms. The third-order valence-electron chi connectivity index (χ3n) is 12.5. The van der Waals surface area contributed by atoms with Crippen LogP contribution in [-0.2, 0) is 47.6 Å². The monoisotopic (exact) mass is 1050 g/mol. The van der Waals surface area contributed by atoms with E-state index in [1.165, 1.54) is 12.1 Å². The topological polar surface area (TPSA) is 156 Å². The molecule has 76 heavy (non-hydrogen) atoms. The van der Waals surface area contributed by atoms with Gasteiger partial charge in [0.05, 0.1) is 24.3 Å². The molecule has 0 aliphatic heterocycles. The van der Waals surface area contributed by atoms with E-state index in [9.17, 15) is 45.5 Å². The van der Waals surface area contributed by atoms with Crippen molar-refractivity contribution in [2.45, 2.75) is 64.7 Å². The summed E-state index contributed by atoms with van der Waals surface area (Å²) >= 11 is 0. The van der Waals surface area contributed by atoms with Gasteiger partial charge in [-0.05, 0) is 81.6 Å². The quantitative estimate of drug-likeness (QED) is 0.0794. The standard InChI is InChI=1S/C58H48F6N2O10/c1-3-21-71-53-33-9-5-10-34(53)24-38-14-8-16-40(56(38)74-32-50(68)66-42-18-20-44-46(58(62,63)64)30-52(70)76-48(44)28-42)26-36-12-6-11-35(54(36)72-22-4-2)25-39-15-7-13-37(23-33)55(39)73-31-49(67)65-41-17-19-43-45(57(59,60)61)29-51(69)75-47(43)27-41/h5-20,27-30H,3-4,21-26,31-32H2,1-2H3,(H,65,67)(H,66,68). The van der Waals surface area contributed by atoms with Crippen LogP contribution in [-0.4, -0.2) is 38.2 Å². The third-order valence-corrected chi connectivity index (χ3v) is 12.5. The molecule has 0 atom stereocenters. The lowest BCUT2D eigenvalue weighted by atomic mass is 9.91. The van der Waals surface area contributed by atoms with Crippen molar-refractivity contribution < 1.29 is 63.7 Å². The molecule has 2 amide bonds. The smallest absolute Gasteiger partial charge is 0.417 e. The first-order valence-electron chi connectivity index (χ1n) is 24.3. The van der Waals surface area contributed by atoms with Gasteiger partial charge >= 0.3 is 23.6 Å². The Hall–Kier alpha value is -8.54. The first kappa shape index (κ1) is 52.3. The molecule has 8 bridgehead atoms. The molecule has 6 aromatic carbocycles. The minimum Gasteiger partial charge on any atom is -0.493 e. The Balaban J connectivity index is 1.06. The summed E-state index contributed by atoms with van der Waals surface area (Å²) in [6.45, 7) is 3.69. The number of ether oxygens (including phenoxy) is 4. The van der Waals surface area contributed by atoms with Crippen molar-refractivity contribution in [1.82, 2.24) is 0 Å². The van der Waals surface area contributed by atoms with Gasteiger partial charge in [-0.25, -0.2) is 9.59 Å². The number of hydrogen-bond donors (Lipinski definition) is 2. The highest BCUT2D eigenvalue weighted by Gasteiger charge is 2.35. The summed E-state index contributed by atoms with van der Waals surface area (Å²) in [6.07, 6.45) is -7.14. The summed E-state index contributed by atoms with van der Waals surface area (Å²) < 4.78 is 119. The fourth-order valence-electron chi connectivity index (χ4n) is 9.26. The number of amides is 2. The minimum atomic E-state index is -4.82. The van der Waals surface area contributed by atoms with Crippen LogP contribution in [0.15, 0.2) is 140 Å². The zero-order valence-electron chi connectivity index (χ0n) is 41.0. The molecule has 8 aromatic rings. The van der Waals surface area contributed by atoms with Crippen molar-refractivity contribution in [3.63, 3.8) is 0 Å². The molecule has 2 heterocycles. The number of benzene rings is 6. The summed E-state index contributed by atoms with van der Waals surface area (Å²) in [5.41, 5.74) is 0.752. The number of carbonyl (C=O) groups is 2. The van der Waals surface area contributed by atoms with Crippen molar-refractivity contribution in [2.75, 3.05) is 37.1 Å². The molecule has 2 N–H and O–H groups in total. The first-order valence-corrected chi connectivity index (χ1v) is 24.3. The number of rotatable bonds is 14. The number of carbonyl (C=O) groups excluding carboxylic acids is 2. The van der Waals surface area contributed by atoms with Crippen LogP contribution in [0.25, 0.3) is 21.9 Å². The van der Waals surface area contributed by atoms with Crippen LogP contribution in [0, 0.1) is 0 Å². The van der Waals surface area contributed by atoms with E-state index in [0.717, 1.165) is 46.5 Å². The van der Waals surface area contributed by atoms with Crippen molar-refractivity contribution in [2.24, 2.45) is 0 Å². The third kappa shape index (κ3) is 11.9. The summed E-state index contributed by atoms with van der Waals surface area (Å²) in [5, 5.41) is 4.61. The number of anilines is 2. The van der Waals surface area contributed by atoms with Gasteiger partial charge in [-0.15, -0.1) is 0 Å². The van der Waals surface area contributed by atoms with E-state index in [1.54, 1.807) is 0 Å². The fraction of sp³-hybridized carbons (Fsp3) is 0.241. The van der Waals surface area contributed by atoms with Gasteiger partial charge in [-0.1, -0.05) is 86.6 Å². The van der Waals surface area contributed by atoms with E-state index in [4.69, 9.17) is 27.8 Å². The Kier molecular flexibility index (Phi) is 15.2. The minimum absolute atomic E-state index is 0.0798. The molecule has 0 fully saturated rings. The largest absolute Gasteiger partial charge is 0.493 e. The number of alkyl halides is 6. The molecular formula is C58H48F6N2O10. The molecule has 18 heteroatoms. The Morgan fingerprint density at radius 3 is 1.05 bits per heavy atom. The zero-order valence-corrected chi connectivity index (χ0v) is 41.0. The van der Waals surface area contributed by atoms with Gasteiger partial charge in [0, 0.05) is 72.1 Å². The second-order valence-corrected chi connectivity index (χ2v) is 18.1. The van der Waals surface area contributed by atoms with Crippen LogP contribution >= 0.6 is 0 Å². The number of fused-ring (bicyclic) bond motifs is 10. The molecule has 0 radical (unpaired) electrons. The maximum atomic E-state index is 13.8. The van der Waals surface area contributed by atoms with Gasteiger partial charge in [-0.2, -0.15) is 26.3 Å². The molecule has 1 aliphatic rings. The van der Waals surface area contributed by atoms with E-state index >= 15 is 0 Å². The average molecular weight is 1050 g/mol. The molecular weight excluding hydrogens is 999 g/mol. The highest BCUT2D eigenvalue weighted by Crippen LogP contribution is 2.40. The van der Waals surface area contributed by atoms with Gasteiger partial charge < -0.3 is 38.4 Å². The fourth-order valence-corrected chi connectivity index (χ4v) is 9.26. The van der Waals surface area contributed by atoms with Gasteiger partial charge in [0.25, 0.3) is 11.8 Å². The van der Waals surface area contributed by atoms with Gasteiger partial charge in [0.2, 0.25) is 0 Å². The number of halogens is 6. The van der Waals surface area contributed by atoms with E-state index in [1.807, 2.05) is 86.6 Å². The molecule has 392 valence electrons. The molecule has 12 nitrogen and oxygen atoms in total. The van der Waals surface area contributed by atoms with Crippen LogP contribution in [0.1, 0.15) is 82.3 Å². The summed E-state index contributed by atoms with van der Waals surface area (Å²) in [5.74, 6) is 0.773. The summed E-state index contributed by atoms with van der Waals surface area (Å²) in [7, 11) is 0. The molecule has 1 aliphatic carbocycles. The van der Waals surface area contributed by atoms with Crippen LogP contribution < -0.4 is 40.8 Å². The highest BCUT2D eigenvalue weighted by molar-refractivity contribution is 5.95. The van der Waals surface area contributed by atoms with Crippen molar-refractivity contribution in [3.8, 4) is 23.0 Å². The number of nitrogens with one attached hydrogen (secondary N) is 2. The van der Waals surface area contributed by atoms with Crippen molar-refractivity contribution >= 4 is 45.1 Å². The second-order valence-electron chi connectivity index (χ2n) is 18.1. The van der Waals surface area contributed by atoms with Crippen molar-refractivity contribution in [1.29, 1.82) is 0 Å². The maximum Gasteiger partial charge on any atom is 0.417 e. The van der Waals surface area contributed by atoms with Crippen molar-refractivity contribution in [3.05, 3.63) is 198 Å². The molecule has 0 unspecified atom stereocenters. The predicted octanol–water partition coefficient (Wildman–Crippen LogP) is 12.2. The Morgan fingerprint density at radius 1 is 0.461 bits per heavy atom. The Bertz CT molecular complexity index is 3300. The van der Waals surface area contributed by atoms with Crippen LogP contribution in [0.4, 0.5) is 37.7 Å². The molecule has 0 saturated heterocycles. The number of para-hydroxylation sites is 4. The number of hydrogen-bond acceptors (Lipinski definition) is 10. The molecule has 9 rings (SSSR count). The van der Waals surface area contributed by atoms with Crippen LogP contribution in [0.2, 0.25) is 0 Å². The van der Waals surface area contributed by atoms with Gasteiger partial charge in [0.15, 0.2) is 13.2 Å². The average Bonchev–Trinajstić information content (AvgIpc) is 3.36. The molecule has 0 saturated carbocycles. The SMILES string of the molecule is CCCOc1c2cccc1Cc1cccc(c1OCC(=O)Nc1ccc3c(C(F)(F)F)cc(=O)oc3c1)Cc1cccc(c1OCCC)Cc1cccc(c1OCC(=O)Nc1ccc3c(C(F)(F)F)cc(=O)oc3c1)C2. The second kappa shape index (κ2) is 22.1. The van der Waals surface area contributed by atoms with Gasteiger partial charge in [-0.3, -0.25) is 9.59 Å². The normalized spacial score (nSPS) is 12.5. The summed E-state index contributed by atoms with van der Waals surface area (Å²) in [6, 6.07) is 30.7. The predicted molar refractivity (Wildman–Crippen MR) is 272 cm³/mol. The molecule has 2 aromatic heterocycles. The lowest BCUT2D eigenvalue weighted by Gasteiger charge is -2.22. The Morgan fingerprint density at radius 2 is 0.763 bits per heavy atom. The maximum absolute atomic E-state index is 13.8. The first-order chi connectivity index (χ1) is 36.4. The highest BCUT2D eigenvalue weighted by atomic mass is 19.4.